The second-order valence-electron chi connectivity index (χ2n) is 4.36. The predicted octanol–water partition coefficient (Wildman–Crippen LogP) is 2.70. The number of para-hydroxylation sites is 2. The van der Waals surface area contributed by atoms with Gasteiger partial charge in [0.25, 0.3) is 5.91 Å². The van der Waals surface area contributed by atoms with Gasteiger partial charge in [-0.3, -0.25) is 15.1 Å². The Morgan fingerprint density at radius 1 is 1.20 bits per heavy atom. The number of anilines is 1. The molecule has 0 atom stereocenters. The molecule has 0 aliphatic rings. The molecule has 0 fully saturated rings. The van der Waals surface area contributed by atoms with Crippen LogP contribution < -0.4 is 5.32 Å². The van der Waals surface area contributed by atoms with Gasteiger partial charge in [-0.05, 0) is 31.2 Å². The zero-order valence-corrected chi connectivity index (χ0v) is 11.1. The summed E-state index contributed by atoms with van der Waals surface area (Å²) in [6.07, 6.45) is 3.19. The predicted molar refractivity (Wildman–Crippen MR) is 77.6 cm³/mol. The number of nitrogens with zero attached hydrogens (tertiary/aromatic N) is 3. The summed E-state index contributed by atoms with van der Waals surface area (Å²) in [6.45, 7) is 2.77. The average molecular weight is 266 g/mol. The third kappa shape index (κ3) is 2.14. The number of imidazole rings is 1. The highest BCUT2D eigenvalue weighted by molar-refractivity contribution is 6.04. The summed E-state index contributed by atoms with van der Waals surface area (Å²) in [4.78, 5) is 20.5. The largest absolute Gasteiger partial charge is 0.310 e. The highest BCUT2D eigenvalue weighted by Crippen LogP contribution is 2.19. The molecule has 100 valence electrons. The van der Waals surface area contributed by atoms with Crippen LogP contribution in [0.15, 0.2) is 48.8 Å². The SMILES string of the molecule is CCn1c(NC(=O)c2ccncc2)nc2ccccc21. The Morgan fingerprint density at radius 3 is 2.70 bits per heavy atom. The van der Waals surface area contributed by atoms with Gasteiger partial charge in [0, 0.05) is 24.5 Å². The number of fused-ring (bicyclic) bond motifs is 1. The first-order valence-electron chi connectivity index (χ1n) is 6.46. The highest BCUT2D eigenvalue weighted by Gasteiger charge is 2.12. The van der Waals surface area contributed by atoms with Crippen molar-refractivity contribution in [1.82, 2.24) is 14.5 Å². The smallest absolute Gasteiger partial charge is 0.258 e. The van der Waals surface area contributed by atoms with Crippen molar-refractivity contribution in [3.05, 3.63) is 54.4 Å². The van der Waals surface area contributed by atoms with Crippen molar-refractivity contribution in [2.45, 2.75) is 13.5 Å². The van der Waals surface area contributed by atoms with Crippen LogP contribution in [-0.2, 0) is 6.54 Å². The molecular formula is C15H14N4O. The van der Waals surface area contributed by atoms with Gasteiger partial charge in [-0.15, -0.1) is 0 Å². The minimum absolute atomic E-state index is 0.183. The number of aromatic nitrogens is 3. The van der Waals surface area contributed by atoms with Crippen molar-refractivity contribution < 1.29 is 4.79 Å². The lowest BCUT2D eigenvalue weighted by Gasteiger charge is -2.07. The van der Waals surface area contributed by atoms with Crippen LogP contribution in [0.2, 0.25) is 0 Å². The van der Waals surface area contributed by atoms with Crippen LogP contribution in [-0.4, -0.2) is 20.4 Å². The molecule has 3 aromatic rings. The fourth-order valence-electron chi connectivity index (χ4n) is 2.17. The standard InChI is InChI=1S/C15H14N4O/c1-2-19-13-6-4-3-5-12(13)17-15(19)18-14(20)11-7-9-16-10-8-11/h3-10H,2H2,1H3,(H,17,18,20). The fraction of sp³-hybridized carbons (Fsp3) is 0.133. The summed E-state index contributed by atoms with van der Waals surface area (Å²) >= 11 is 0. The van der Waals surface area contributed by atoms with E-state index >= 15 is 0 Å². The number of nitrogens with one attached hydrogen (secondary N) is 1. The molecule has 20 heavy (non-hydrogen) atoms. The first kappa shape index (κ1) is 12.3. The van der Waals surface area contributed by atoms with Gasteiger partial charge in [0.15, 0.2) is 0 Å². The van der Waals surface area contributed by atoms with E-state index in [4.69, 9.17) is 0 Å². The number of carbonyl (C=O) groups excluding carboxylic acids is 1. The van der Waals surface area contributed by atoms with E-state index in [0.29, 0.717) is 11.5 Å². The molecule has 0 aliphatic heterocycles. The van der Waals surface area contributed by atoms with Crippen LogP contribution in [0.5, 0.6) is 0 Å². The quantitative estimate of drug-likeness (QED) is 0.793. The lowest BCUT2D eigenvalue weighted by atomic mass is 10.2. The summed E-state index contributed by atoms with van der Waals surface area (Å²) in [7, 11) is 0. The lowest BCUT2D eigenvalue weighted by molar-refractivity contribution is 0.102. The van der Waals surface area contributed by atoms with Crippen molar-refractivity contribution >= 4 is 22.9 Å². The number of pyridine rings is 1. The third-order valence-electron chi connectivity index (χ3n) is 3.14. The van der Waals surface area contributed by atoms with Gasteiger partial charge in [0.05, 0.1) is 11.0 Å². The summed E-state index contributed by atoms with van der Waals surface area (Å²) in [5.74, 6) is 0.382. The Balaban J connectivity index is 1.97. The fourth-order valence-corrected chi connectivity index (χ4v) is 2.17. The summed E-state index contributed by atoms with van der Waals surface area (Å²) in [5, 5.41) is 2.85. The maximum absolute atomic E-state index is 12.2. The van der Waals surface area contributed by atoms with E-state index in [1.807, 2.05) is 35.8 Å². The molecule has 5 nitrogen and oxygen atoms in total. The monoisotopic (exact) mass is 266 g/mol. The van der Waals surface area contributed by atoms with Crippen molar-refractivity contribution in [3.8, 4) is 0 Å². The minimum Gasteiger partial charge on any atom is -0.310 e. The number of rotatable bonds is 3. The summed E-state index contributed by atoms with van der Waals surface area (Å²) < 4.78 is 1.98. The van der Waals surface area contributed by atoms with Crippen molar-refractivity contribution in [2.75, 3.05) is 5.32 Å². The van der Waals surface area contributed by atoms with E-state index < -0.39 is 0 Å². The van der Waals surface area contributed by atoms with Crippen LogP contribution in [0.4, 0.5) is 5.95 Å². The molecule has 1 amide bonds. The van der Waals surface area contributed by atoms with E-state index in [-0.39, 0.29) is 5.91 Å². The van der Waals surface area contributed by atoms with Crippen molar-refractivity contribution in [3.63, 3.8) is 0 Å². The Labute approximate surface area is 116 Å². The molecular weight excluding hydrogens is 252 g/mol. The molecule has 0 saturated heterocycles. The van der Waals surface area contributed by atoms with Gasteiger partial charge in [-0.2, -0.15) is 0 Å². The van der Waals surface area contributed by atoms with Gasteiger partial charge in [0.1, 0.15) is 0 Å². The Hall–Kier alpha value is -2.69. The molecule has 1 N–H and O–H groups in total. The number of benzene rings is 1. The van der Waals surface area contributed by atoms with E-state index in [0.717, 1.165) is 17.6 Å². The number of amides is 1. The molecule has 0 aliphatic carbocycles. The average Bonchev–Trinajstić information content (AvgIpc) is 2.85. The molecule has 5 heteroatoms. The highest BCUT2D eigenvalue weighted by atomic mass is 16.1. The molecule has 0 unspecified atom stereocenters. The maximum atomic E-state index is 12.2. The van der Waals surface area contributed by atoms with Crippen molar-refractivity contribution in [1.29, 1.82) is 0 Å². The van der Waals surface area contributed by atoms with E-state index in [9.17, 15) is 4.79 Å². The Morgan fingerprint density at radius 2 is 1.95 bits per heavy atom. The second-order valence-corrected chi connectivity index (χ2v) is 4.36. The first-order chi connectivity index (χ1) is 9.79. The first-order valence-corrected chi connectivity index (χ1v) is 6.46. The summed E-state index contributed by atoms with van der Waals surface area (Å²) in [6, 6.07) is 11.2. The summed E-state index contributed by atoms with van der Waals surface area (Å²) in [5.41, 5.74) is 2.45. The van der Waals surface area contributed by atoms with Crippen LogP contribution >= 0.6 is 0 Å². The van der Waals surface area contributed by atoms with E-state index in [1.54, 1.807) is 24.5 Å². The van der Waals surface area contributed by atoms with Gasteiger partial charge in [-0.25, -0.2) is 4.98 Å². The topological polar surface area (TPSA) is 59.8 Å². The van der Waals surface area contributed by atoms with Crippen LogP contribution in [0.25, 0.3) is 11.0 Å². The molecule has 0 saturated carbocycles. The Bertz CT molecular complexity index is 749. The van der Waals surface area contributed by atoms with E-state index in [2.05, 4.69) is 15.3 Å². The van der Waals surface area contributed by atoms with Gasteiger partial charge in [0.2, 0.25) is 5.95 Å². The second kappa shape index (κ2) is 5.13. The van der Waals surface area contributed by atoms with Crippen molar-refractivity contribution in [2.24, 2.45) is 0 Å². The lowest BCUT2D eigenvalue weighted by Crippen LogP contribution is -2.15. The van der Waals surface area contributed by atoms with E-state index in [1.165, 1.54) is 0 Å². The Kier molecular flexibility index (Phi) is 3.16. The number of hydrogen-bond acceptors (Lipinski definition) is 3. The zero-order chi connectivity index (χ0) is 13.9. The number of aryl methyl sites for hydroxylation is 1. The zero-order valence-electron chi connectivity index (χ0n) is 11.1. The molecule has 0 radical (unpaired) electrons. The molecule has 2 aromatic heterocycles. The van der Waals surface area contributed by atoms with Crippen LogP contribution in [0.3, 0.4) is 0 Å². The molecule has 2 heterocycles. The molecule has 1 aromatic carbocycles. The molecule has 0 spiro atoms. The third-order valence-corrected chi connectivity index (χ3v) is 3.14. The van der Waals surface area contributed by atoms with Gasteiger partial charge >= 0.3 is 0 Å². The molecule has 3 rings (SSSR count). The maximum Gasteiger partial charge on any atom is 0.258 e. The van der Waals surface area contributed by atoms with Crippen LogP contribution in [0.1, 0.15) is 17.3 Å². The number of hydrogen-bond donors (Lipinski definition) is 1. The normalized spacial score (nSPS) is 10.7. The minimum atomic E-state index is -0.183. The van der Waals surface area contributed by atoms with Gasteiger partial charge in [-0.1, -0.05) is 12.1 Å². The molecule has 0 bridgehead atoms. The van der Waals surface area contributed by atoms with Gasteiger partial charge < -0.3 is 4.57 Å². The number of carbonyl (C=O) groups is 1. The van der Waals surface area contributed by atoms with Crippen LogP contribution in [0, 0.1) is 0 Å².